The van der Waals surface area contributed by atoms with Crippen LogP contribution in [0.25, 0.3) is 0 Å². The van der Waals surface area contributed by atoms with Crippen LogP contribution in [-0.2, 0) is 27.5 Å². The molecule has 6 nitrogen and oxygen atoms in total. The van der Waals surface area contributed by atoms with E-state index in [1.807, 2.05) is 0 Å². The molecule has 12 heteroatoms. The Morgan fingerprint density at radius 2 is 1.71 bits per heavy atom. The molecule has 0 aromatic heterocycles. The van der Waals surface area contributed by atoms with Crippen molar-refractivity contribution in [3.63, 3.8) is 0 Å². The summed E-state index contributed by atoms with van der Waals surface area (Å²) in [5, 5.41) is 4.16. The molecule has 0 fully saturated rings. The molecule has 0 bridgehead atoms. The molecule has 3 rings (SSSR count). The van der Waals surface area contributed by atoms with E-state index in [1.165, 1.54) is 36.4 Å². The highest BCUT2D eigenvalue weighted by Crippen LogP contribution is 2.32. The Labute approximate surface area is 203 Å². The summed E-state index contributed by atoms with van der Waals surface area (Å²) in [6.45, 7) is 0. The molecule has 3 aromatic rings. The third-order valence-electron chi connectivity index (χ3n) is 4.30. The number of nitrogens with one attached hydrogen (secondary N) is 1. The highest BCUT2D eigenvalue weighted by Gasteiger charge is 2.32. The quantitative estimate of drug-likeness (QED) is 0.249. The van der Waals surface area contributed by atoms with Crippen molar-refractivity contribution in [2.24, 2.45) is 5.10 Å². The number of rotatable bonds is 7. The Kier molecular flexibility index (Phi) is 7.86. The molecule has 1 amide bonds. The molecule has 0 aliphatic heterocycles. The first-order valence-electron chi connectivity index (χ1n) is 9.42. The lowest BCUT2D eigenvalue weighted by Gasteiger charge is -2.12. The van der Waals surface area contributed by atoms with Gasteiger partial charge >= 0.3 is 16.3 Å². The SMILES string of the molecule is O=C(Cc1ccc(Cl)c(Cl)c1)NN=Cc1cc(C(F)(F)F)ccc1S(=O)(=O)Oc1ccccc1. The van der Waals surface area contributed by atoms with Crippen LogP contribution in [0.5, 0.6) is 5.75 Å². The molecule has 0 aliphatic carbocycles. The maximum Gasteiger partial charge on any atom is 0.416 e. The molecule has 0 saturated heterocycles. The number of nitrogens with zero attached hydrogens (tertiary/aromatic N) is 1. The van der Waals surface area contributed by atoms with Crippen LogP contribution in [0, 0.1) is 0 Å². The van der Waals surface area contributed by atoms with Gasteiger partial charge in [-0.2, -0.15) is 26.7 Å². The zero-order chi connectivity index (χ0) is 24.9. The zero-order valence-corrected chi connectivity index (χ0v) is 19.3. The van der Waals surface area contributed by atoms with Gasteiger partial charge in [0.2, 0.25) is 5.91 Å². The van der Waals surface area contributed by atoms with Gasteiger partial charge in [-0.15, -0.1) is 0 Å². The molecule has 178 valence electrons. The minimum atomic E-state index is -4.73. The highest BCUT2D eigenvalue weighted by molar-refractivity contribution is 7.87. The maximum absolute atomic E-state index is 13.2. The van der Waals surface area contributed by atoms with E-state index in [4.69, 9.17) is 27.4 Å². The van der Waals surface area contributed by atoms with Crippen molar-refractivity contribution in [1.29, 1.82) is 0 Å². The number of carbonyl (C=O) groups is 1. The van der Waals surface area contributed by atoms with E-state index >= 15 is 0 Å². The average molecular weight is 531 g/mol. The van der Waals surface area contributed by atoms with Crippen molar-refractivity contribution in [3.8, 4) is 5.75 Å². The molecule has 0 saturated carbocycles. The van der Waals surface area contributed by atoms with Crippen molar-refractivity contribution >= 4 is 45.4 Å². The summed E-state index contributed by atoms with van der Waals surface area (Å²) in [6, 6.07) is 14.0. The van der Waals surface area contributed by atoms with Crippen LogP contribution in [0.1, 0.15) is 16.7 Å². The Morgan fingerprint density at radius 1 is 1.00 bits per heavy atom. The van der Waals surface area contributed by atoms with Crippen LogP contribution in [0.4, 0.5) is 13.2 Å². The third-order valence-corrected chi connectivity index (χ3v) is 6.36. The van der Waals surface area contributed by atoms with Crippen LogP contribution in [0.3, 0.4) is 0 Å². The normalized spacial score (nSPS) is 12.0. The fraction of sp³-hybridized carbons (Fsp3) is 0.0909. The molecule has 3 aromatic carbocycles. The standard InChI is InChI=1S/C22H15Cl2F3N2O4S/c23-18-8-6-14(10-19(18)24)11-21(30)29-28-13-15-12-16(22(25,26)27)7-9-20(15)34(31,32)33-17-4-2-1-3-5-17/h1-10,12-13H,11H2,(H,29,30). The zero-order valence-electron chi connectivity index (χ0n) is 17.0. The lowest BCUT2D eigenvalue weighted by Crippen LogP contribution is -2.20. The number of hydrogen-bond donors (Lipinski definition) is 1. The summed E-state index contributed by atoms with van der Waals surface area (Å²) >= 11 is 11.7. The number of para-hydroxylation sites is 1. The van der Waals surface area contributed by atoms with E-state index in [1.54, 1.807) is 12.1 Å². The van der Waals surface area contributed by atoms with Gasteiger partial charge in [-0.3, -0.25) is 4.79 Å². The van der Waals surface area contributed by atoms with Crippen molar-refractivity contribution < 1.29 is 30.6 Å². The van der Waals surface area contributed by atoms with Crippen molar-refractivity contribution in [3.05, 3.63) is 93.5 Å². The lowest BCUT2D eigenvalue weighted by atomic mass is 10.1. The Balaban J connectivity index is 1.85. The van der Waals surface area contributed by atoms with Gasteiger partial charge in [-0.05, 0) is 48.0 Å². The number of hydrazone groups is 1. The molecule has 0 radical (unpaired) electrons. The minimum absolute atomic E-state index is 0.0276. The second-order valence-electron chi connectivity index (χ2n) is 6.82. The maximum atomic E-state index is 13.2. The smallest absolute Gasteiger partial charge is 0.379 e. The fourth-order valence-corrected chi connectivity index (χ4v) is 4.16. The largest absolute Gasteiger partial charge is 0.416 e. The number of halogens is 5. The number of carbonyl (C=O) groups excluding carboxylic acids is 1. The molecule has 0 spiro atoms. The molecule has 1 N–H and O–H groups in total. The van der Waals surface area contributed by atoms with E-state index < -0.39 is 38.2 Å². The molecule has 34 heavy (non-hydrogen) atoms. The first-order chi connectivity index (χ1) is 16.0. The van der Waals surface area contributed by atoms with E-state index in [2.05, 4.69) is 10.5 Å². The lowest BCUT2D eigenvalue weighted by molar-refractivity contribution is -0.137. The molecule has 0 unspecified atom stereocenters. The van der Waals surface area contributed by atoms with Gasteiger partial charge in [0.1, 0.15) is 10.6 Å². The van der Waals surface area contributed by atoms with Crippen molar-refractivity contribution in [1.82, 2.24) is 5.43 Å². The van der Waals surface area contributed by atoms with Crippen molar-refractivity contribution in [2.75, 3.05) is 0 Å². The Bertz CT molecular complexity index is 1330. The summed E-state index contributed by atoms with van der Waals surface area (Å²) in [4.78, 5) is 11.6. The van der Waals surface area contributed by atoms with Crippen LogP contribution >= 0.6 is 23.2 Å². The molecular weight excluding hydrogens is 516 g/mol. The van der Waals surface area contributed by atoms with Crippen LogP contribution in [0.15, 0.2) is 76.7 Å². The molecular formula is C22H15Cl2F3N2O4S. The van der Waals surface area contributed by atoms with Crippen LogP contribution < -0.4 is 9.61 Å². The summed E-state index contributed by atoms with van der Waals surface area (Å²) in [7, 11) is -4.51. The number of benzene rings is 3. The van der Waals surface area contributed by atoms with Crippen LogP contribution in [0.2, 0.25) is 10.0 Å². The van der Waals surface area contributed by atoms with E-state index in [9.17, 15) is 26.4 Å². The van der Waals surface area contributed by atoms with Crippen LogP contribution in [-0.4, -0.2) is 20.5 Å². The Morgan fingerprint density at radius 3 is 2.35 bits per heavy atom. The van der Waals surface area contributed by atoms with Gasteiger partial charge in [-0.1, -0.05) is 47.5 Å². The second-order valence-corrected chi connectivity index (χ2v) is 9.15. The average Bonchev–Trinajstić information content (AvgIpc) is 2.76. The predicted molar refractivity (Wildman–Crippen MR) is 122 cm³/mol. The first-order valence-corrected chi connectivity index (χ1v) is 11.6. The number of hydrogen-bond acceptors (Lipinski definition) is 5. The van der Waals surface area contributed by atoms with Gasteiger partial charge in [-0.25, -0.2) is 5.43 Å². The van der Waals surface area contributed by atoms with Gasteiger partial charge in [0.15, 0.2) is 0 Å². The summed E-state index contributed by atoms with van der Waals surface area (Å²) in [5.41, 5.74) is 1.12. The van der Waals surface area contributed by atoms with E-state index in [-0.39, 0.29) is 17.2 Å². The van der Waals surface area contributed by atoms with Gasteiger partial charge in [0.05, 0.1) is 28.2 Å². The third kappa shape index (κ3) is 6.72. The van der Waals surface area contributed by atoms with E-state index in [0.29, 0.717) is 22.7 Å². The fourth-order valence-electron chi connectivity index (χ4n) is 2.75. The first kappa shape index (κ1) is 25.5. The monoisotopic (exact) mass is 530 g/mol. The Hall–Kier alpha value is -3.08. The predicted octanol–water partition coefficient (Wildman–Crippen LogP) is 5.47. The summed E-state index contributed by atoms with van der Waals surface area (Å²) in [6.07, 6.45) is -4.09. The minimum Gasteiger partial charge on any atom is -0.379 e. The number of amides is 1. The highest BCUT2D eigenvalue weighted by atomic mass is 35.5. The second kappa shape index (κ2) is 10.5. The molecule has 0 heterocycles. The van der Waals surface area contributed by atoms with Gasteiger partial charge in [0.25, 0.3) is 0 Å². The summed E-state index contributed by atoms with van der Waals surface area (Å²) < 4.78 is 70.0. The van der Waals surface area contributed by atoms with Gasteiger partial charge in [0, 0.05) is 5.56 Å². The van der Waals surface area contributed by atoms with Gasteiger partial charge < -0.3 is 4.18 Å². The molecule has 0 atom stereocenters. The number of alkyl halides is 3. The van der Waals surface area contributed by atoms with E-state index in [0.717, 1.165) is 12.3 Å². The topological polar surface area (TPSA) is 84.8 Å². The molecule has 0 aliphatic rings. The van der Waals surface area contributed by atoms with Crippen molar-refractivity contribution in [2.45, 2.75) is 17.5 Å². The summed E-state index contributed by atoms with van der Waals surface area (Å²) in [5.74, 6) is -0.647.